The van der Waals surface area contributed by atoms with Gasteiger partial charge in [-0.15, -0.1) is 0 Å². The van der Waals surface area contributed by atoms with Gasteiger partial charge in [0.2, 0.25) is 0 Å². The van der Waals surface area contributed by atoms with Crippen molar-refractivity contribution in [1.82, 2.24) is 5.32 Å². The van der Waals surface area contributed by atoms with E-state index >= 15 is 0 Å². The molecule has 0 radical (unpaired) electrons. The number of hydrogen-bond donors (Lipinski definition) is 2. The molecule has 1 heterocycles. The standard InChI is InChI=1S/C23H25BrN2O2/c1-15(2)13-26-23(27)18-5-4-6-19(12-18)25-14-20-8-10-22(28-20)17-7-9-21(24)16(3)11-17/h4-12,15,25H,13-14H2,1-3H3,(H,26,27). The molecule has 5 heteroatoms. The van der Waals surface area contributed by atoms with Crippen molar-refractivity contribution >= 4 is 27.5 Å². The van der Waals surface area contributed by atoms with Crippen LogP contribution < -0.4 is 10.6 Å². The van der Waals surface area contributed by atoms with Gasteiger partial charge in [-0.3, -0.25) is 4.79 Å². The Morgan fingerprint density at radius 2 is 1.93 bits per heavy atom. The Morgan fingerprint density at radius 1 is 1.11 bits per heavy atom. The maximum Gasteiger partial charge on any atom is 0.251 e. The maximum absolute atomic E-state index is 12.2. The van der Waals surface area contributed by atoms with Gasteiger partial charge in [0.15, 0.2) is 0 Å². The molecule has 1 amide bonds. The van der Waals surface area contributed by atoms with E-state index in [9.17, 15) is 4.79 Å². The first kappa shape index (κ1) is 20.2. The monoisotopic (exact) mass is 440 g/mol. The van der Waals surface area contributed by atoms with Crippen molar-refractivity contribution in [3.63, 3.8) is 0 Å². The zero-order chi connectivity index (χ0) is 20.1. The molecule has 0 aliphatic heterocycles. The lowest BCUT2D eigenvalue weighted by atomic mass is 10.1. The fourth-order valence-electron chi connectivity index (χ4n) is 2.78. The van der Waals surface area contributed by atoms with E-state index in [2.05, 4.69) is 53.4 Å². The van der Waals surface area contributed by atoms with Crippen LogP contribution in [0.2, 0.25) is 0 Å². The molecular formula is C23H25BrN2O2. The van der Waals surface area contributed by atoms with Crippen LogP contribution in [0.15, 0.2) is 63.5 Å². The van der Waals surface area contributed by atoms with Crippen molar-refractivity contribution in [2.24, 2.45) is 5.92 Å². The number of furan rings is 1. The zero-order valence-electron chi connectivity index (χ0n) is 16.4. The predicted molar refractivity (Wildman–Crippen MR) is 118 cm³/mol. The molecule has 146 valence electrons. The lowest BCUT2D eigenvalue weighted by Gasteiger charge is -2.09. The molecule has 0 spiro atoms. The predicted octanol–water partition coefficient (Wildman–Crippen LogP) is 6.02. The Kier molecular flexibility index (Phi) is 6.57. The molecule has 28 heavy (non-hydrogen) atoms. The second-order valence-electron chi connectivity index (χ2n) is 7.27. The van der Waals surface area contributed by atoms with Gasteiger partial charge in [-0.25, -0.2) is 0 Å². The highest BCUT2D eigenvalue weighted by molar-refractivity contribution is 9.10. The summed E-state index contributed by atoms with van der Waals surface area (Å²) in [6.07, 6.45) is 0. The van der Waals surface area contributed by atoms with Crippen LogP contribution in [0.3, 0.4) is 0 Å². The Bertz CT molecular complexity index is 963. The van der Waals surface area contributed by atoms with Gasteiger partial charge in [-0.2, -0.15) is 0 Å². The third-order valence-electron chi connectivity index (χ3n) is 4.37. The highest BCUT2D eigenvalue weighted by Crippen LogP contribution is 2.27. The highest BCUT2D eigenvalue weighted by Gasteiger charge is 2.09. The maximum atomic E-state index is 12.2. The van der Waals surface area contributed by atoms with E-state index in [-0.39, 0.29) is 5.91 Å². The Balaban J connectivity index is 1.63. The smallest absolute Gasteiger partial charge is 0.251 e. The second kappa shape index (κ2) is 9.11. The second-order valence-corrected chi connectivity index (χ2v) is 8.12. The van der Waals surface area contributed by atoms with Crippen LogP contribution >= 0.6 is 15.9 Å². The van der Waals surface area contributed by atoms with Gasteiger partial charge in [0.1, 0.15) is 11.5 Å². The van der Waals surface area contributed by atoms with Gasteiger partial charge in [-0.1, -0.05) is 41.9 Å². The van der Waals surface area contributed by atoms with Gasteiger partial charge < -0.3 is 15.1 Å². The molecule has 0 saturated carbocycles. The Labute approximate surface area is 174 Å². The van der Waals surface area contributed by atoms with E-state index in [0.717, 1.165) is 27.2 Å². The average Bonchev–Trinajstić information content (AvgIpc) is 3.16. The van der Waals surface area contributed by atoms with Crippen molar-refractivity contribution < 1.29 is 9.21 Å². The molecule has 0 bridgehead atoms. The molecule has 2 N–H and O–H groups in total. The fourth-order valence-corrected chi connectivity index (χ4v) is 3.03. The van der Waals surface area contributed by atoms with Crippen molar-refractivity contribution in [1.29, 1.82) is 0 Å². The number of aryl methyl sites for hydroxylation is 1. The zero-order valence-corrected chi connectivity index (χ0v) is 18.0. The molecule has 0 fully saturated rings. The minimum atomic E-state index is -0.0526. The van der Waals surface area contributed by atoms with E-state index in [1.807, 2.05) is 48.5 Å². The number of anilines is 1. The average molecular weight is 441 g/mol. The number of hydrogen-bond acceptors (Lipinski definition) is 3. The number of carbonyl (C=O) groups excluding carboxylic acids is 1. The molecular weight excluding hydrogens is 416 g/mol. The Morgan fingerprint density at radius 3 is 2.68 bits per heavy atom. The van der Waals surface area contributed by atoms with Gasteiger partial charge >= 0.3 is 0 Å². The first-order valence-corrected chi connectivity index (χ1v) is 10.2. The highest BCUT2D eigenvalue weighted by atomic mass is 79.9. The van der Waals surface area contributed by atoms with Crippen LogP contribution in [0.1, 0.15) is 35.5 Å². The van der Waals surface area contributed by atoms with Gasteiger partial charge in [0, 0.05) is 27.8 Å². The summed E-state index contributed by atoms with van der Waals surface area (Å²) in [7, 11) is 0. The lowest BCUT2D eigenvalue weighted by molar-refractivity contribution is 0.0949. The van der Waals surface area contributed by atoms with Gasteiger partial charge in [0.05, 0.1) is 6.54 Å². The first-order valence-electron chi connectivity index (χ1n) is 9.40. The van der Waals surface area contributed by atoms with E-state index in [1.165, 1.54) is 5.56 Å². The third-order valence-corrected chi connectivity index (χ3v) is 5.26. The van der Waals surface area contributed by atoms with E-state index in [4.69, 9.17) is 4.42 Å². The molecule has 1 aromatic heterocycles. The quantitative estimate of drug-likeness (QED) is 0.472. The number of carbonyl (C=O) groups is 1. The summed E-state index contributed by atoms with van der Waals surface area (Å²) in [4.78, 5) is 12.2. The summed E-state index contributed by atoms with van der Waals surface area (Å²) in [5.74, 6) is 2.05. The molecule has 0 unspecified atom stereocenters. The SMILES string of the molecule is Cc1cc(-c2ccc(CNc3cccc(C(=O)NCC(C)C)c3)o2)ccc1Br. The number of benzene rings is 2. The molecule has 4 nitrogen and oxygen atoms in total. The minimum Gasteiger partial charge on any atom is -0.459 e. The van der Waals surface area contributed by atoms with Crippen molar-refractivity contribution in [3.05, 3.63) is 76.0 Å². The number of halogens is 1. The van der Waals surface area contributed by atoms with Crippen LogP contribution in [-0.4, -0.2) is 12.5 Å². The van der Waals surface area contributed by atoms with Crippen LogP contribution in [0.5, 0.6) is 0 Å². The van der Waals surface area contributed by atoms with Crippen molar-refractivity contribution in [2.45, 2.75) is 27.3 Å². The lowest BCUT2D eigenvalue weighted by Crippen LogP contribution is -2.27. The summed E-state index contributed by atoms with van der Waals surface area (Å²) in [6, 6.07) is 17.6. The van der Waals surface area contributed by atoms with E-state index in [0.29, 0.717) is 24.6 Å². The summed E-state index contributed by atoms with van der Waals surface area (Å²) in [5, 5.41) is 6.27. The molecule has 0 atom stereocenters. The van der Waals surface area contributed by atoms with Crippen molar-refractivity contribution in [3.8, 4) is 11.3 Å². The number of amides is 1. The Hall–Kier alpha value is -2.53. The van der Waals surface area contributed by atoms with Gasteiger partial charge in [-0.05, 0) is 60.9 Å². The van der Waals surface area contributed by atoms with E-state index in [1.54, 1.807) is 0 Å². The topological polar surface area (TPSA) is 54.3 Å². The van der Waals surface area contributed by atoms with Crippen LogP contribution in [0.25, 0.3) is 11.3 Å². The molecule has 0 aliphatic rings. The van der Waals surface area contributed by atoms with Crippen LogP contribution in [0, 0.1) is 12.8 Å². The summed E-state index contributed by atoms with van der Waals surface area (Å²) < 4.78 is 7.06. The summed E-state index contributed by atoms with van der Waals surface area (Å²) in [5.41, 5.74) is 3.75. The first-order chi connectivity index (χ1) is 13.4. The van der Waals surface area contributed by atoms with Crippen LogP contribution in [-0.2, 0) is 6.54 Å². The molecule has 0 aliphatic carbocycles. The van der Waals surface area contributed by atoms with Gasteiger partial charge in [0.25, 0.3) is 5.91 Å². The van der Waals surface area contributed by atoms with E-state index < -0.39 is 0 Å². The summed E-state index contributed by atoms with van der Waals surface area (Å²) in [6.45, 7) is 7.42. The molecule has 3 aromatic rings. The molecule has 2 aromatic carbocycles. The van der Waals surface area contributed by atoms with Crippen LogP contribution in [0.4, 0.5) is 5.69 Å². The third kappa shape index (κ3) is 5.26. The largest absolute Gasteiger partial charge is 0.459 e. The fraction of sp³-hybridized carbons (Fsp3) is 0.261. The number of rotatable bonds is 7. The minimum absolute atomic E-state index is 0.0526. The molecule has 3 rings (SSSR count). The number of nitrogens with one attached hydrogen (secondary N) is 2. The molecule has 0 saturated heterocycles. The summed E-state index contributed by atoms with van der Waals surface area (Å²) >= 11 is 3.52. The normalized spacial score (nSPS) is 10.9. The van der Waals surface area contributed by atoms with Crippen molar-refractivity contribution in [2.75, 3.05) is 11.9 Å².